The first-order valence-electron chi connectivity index (χ1n) is 27.3. The Morgan fingerprint density at radius 1 is 0.667 bits per heavy atom. The molecule has 21 heteroatoms. The zero-order valence-electron chi connectivity index (χ0n) is 44.8. The van der Waals surface area contributed by atoms with E-state index < -0.39 is 153 Å². The highest BCUT2D eigenvalue weighted by molar-refractivity contribution is 5.79. The molecule has 0 aromatic heterocycles. The van der Waals surface area contributed by atoms with Gasteiger partial charge in [-0.05, 0) is 117 Å². The largest absolute Gasteiger partial charge is 0.457 e. The van der Waals surface area contributed by atoms with E-state index in [9.17, 15) is 55.5 Å². The van der Waals surface area contributed by atoms with Crippen LogP contribution in [0.3, 0.4) is 0 Å². The van der Waals surface area contributed by atoms with E-state index in [0.29, 0.717) is 38.5 Å². The molecule has 0 aromatic carbocycles. The molecular formula is C54H84O21. The molecule has 0 unspecified atom stereocenters. The number of aliphatic hydroxyl groups excluding tert-OH is 9. The summed E-state index contributed by atoms with van der Waals surface area (Å²) >= 11 is 0. The summed E-state index contributed by atoms with van der Waals surface area (Å²) in [6.07, 6.45) is -18.9. The molecule has 9 N–H and O–H groups in total. The van der Waals surface area contributed by atoms with Crippen LogP contribution in [0.15, 0.2) is 11.6 Å². The van der Waals surface area contributed by atoms with Gasteiger partial charge < -0.3 is 93.4 Å². The molecule has 0 radical (unpaired) electrons. The number of aliphatic hydroxyl groups is 9. The molecule has 426 valence electrons. The number of aldehydes is 1. The van der Waals surface area contributed by atoms with Gasteiger partial charge in [-0.25, -0.2) is 0 Å². The normalized spacial score (nSPS) is 53.5. The van der Waals surface area contributed by atoms with Crippen LogP contribution in [0.25, 0.3) is 0 Å². The predicted octanol–water partition coefficient (Wildman–Crippen LogP) is 1.05. The Hall–Kier alpha value is -2.29. The summed E-state index contributed by atoms with van der Waals surface area (Å²) < 4.78 is 54.9. The fourth-order valence-corrected chi connectivity index (χ4v) is 16.1. The molecule has 8 fully saturated rings. The third kappa shape index (κ3) is 9.38. The van der Waals surface area contributed by atoms with Crippen LogP contribution in [0.2, 0.25) is 0 Å². The number of rotatable bonds is 11. The molecule has 21 nitrogen and oxygen atoms in total. The second-order valence-corrected chi connectivity index (χ2v) is 25.5. The van der Waals surface area contributed by atoms with Crippen molar-refractivity contribution in [3.63, 3.8) is 0 Å². The lowest BCUT2D eigenvalue weighted by atomic mass is 9.33. The zero-order chi connectivity index (χ0) is 54.7. The molecular weight excluding hydrogens is 985 g/mol. The average Bonchev–Trinajstić information content (AvgIpc) is 3.63. The van der Waals surface area contributed by atoms with Crippen molar-refractivity contribution in [1.82, 2.24) is 0 Å². The van der Waals surface area contributed by atoms with E-state index in [1.165, 1.54) is 12.5 Å². The minimum Gasteiger partial charge on any atom is -0.457 e. The molecule has 5 aliphatic carbocycles. The molecule has 4 aliphatic heterocycles. The molecule has 0 spiro atoms. The van der Waals surface area contributed by atoms with Crippen LogP contribution >= 0.6 is 0 Å². The molecule has 9 rings (SSSR count). The van der Waals surface area contributed by atoms with Crippen LogP contribution in [-0.2, 0) is 57.0 Å². The van der Waals surface area contributed by atoms with Crippen molar-refractivity contribution in [3.05, 3.63) is 11.6 Å². The van der Waals surface area contributed by atoms with E-state index in [1.54, 1.807) is 6.92 Å². The van der Waals surface area contributed by atoms with E-state index in [0.717, 1.165) is 38.9 Å². The van der Waals surface area contributed by atoms with E-state index in [1.807, 2.05) is 6.92 Å². The number of carbonyl (C=O) groups is 3. The first-order valence-corrected chi connectivity index (χ1v) is 27.3. The van der Waals surface area contributed by atoms with Gasteiger partial charge in [0.05, 0.1) is 42.4 Å². The van der Waals surface area contributed by atoms with Crippen molar-refractivity contribution in [3.8, 4) is 0 Å². The molecule has 4 saturated carbocycles. The van der Waals surface area contributed by atoms with E-state index >= 15 is 4.79 Å². The highest BCUT2D eigenvalue weighted by Gasteiger charge is 2.70. The lowest BCUT2D eigenvalue weighted by molar-refractivity contribution is -0.382. The minimum absolute atomic E-state index is 0.0116. The Labute approximate surface area is 438 Å². The fraction of sp³-hybridized carbons (Fsp3) is 0.907. The standard InChI is InChI=1S/C54H84O21/c1-24-40(72-44-37(63)34(60)29(58)22-67-44)36(62)39(65)45(68-24)74-43-42(73-46-38(64)35(61)30(21-55)71-46)41(70-26(3)57)25(2)69-47(43)75-48(66)54-18-16-49(4,5)20-28(54)27-10-11-32-50(6)14-13-33(59)51(7,23-56)31(50)12-15-53(32,9)52(27,8)17-19-54/h10,23-25,28-47,55,58-65H,11-22H2,1-9H3/t24-,25+,28-,29+,30-,31+,32+,33-,34-,35-,36-,37+,38+,39+,40-,41-,42-,43+,44-,45-,46-,47-,50-,51-,52+,53+,54-/m0/s1. The summed E-state index contributed by atoms with van der Waals surface area (Å²) in [5.74, 6) is -1.40. The van der Waals surface area contributed by atoms with Crippen LogP contribution in [0.1, 0.15) is 127 Å². The van der Waals surface area contributed by atoms with Crippen molar-refractivity contribution in [1.29, 1.82) is 0 Å². The van der Waals surface area contributed by atoms with Gasteiger partial charge in [0.15, 0.2) is 31.1 Å². The topological polar surface area (TPSA) is 316 Å². The zero-order valence-corrected chi connectivity index (χ0v) is 44.8. The van der Waals surface area contributed by atoms with Gasteiger partial charge in [-0.15, -0.1) is 0 Å². The lowest BCUT2D eigenvalue weighted by Gasteiger charge is -2.71. The highest BCUT2D eigenvalue weighted by Crippen LogP contribution is 2.76. The van der Waals surface area contributed by atoms with Gasteiger partial charge in [-0.2, -0.15) is 0 Å². The second-order valence-electron chi connectivity index (χ2n) is 25.5. The fourth-order valence-electron chi connectivity index (χ4n) is 16.1. The van der Waals surface area contributed by atoms with Crippen LogP contribution in [0.4, 0.5) is 0 Å². The monoisotopic (exact) mass is 1070 g/mol. The summed E-state index contributed by atoms with van der Waals surface area (Å²) in [5, 5.41) is 97.4. The van der Waals surface area contributed by atoms with E-state index in [2.05, 4.69) is 40.7 Å². The number of fused-ring (bicyclic) bond motifs is 7. The van der Waals surface area contributed by atoms with Gasteiger partial charge in [0, 0.05) is 6.92 Å². The lowest BCUT2D eigenvalue weighted by Crippen LogP contribution is -2.67. The van der Waals surface area contributed by atoms with Gasteiger partial charge in [-0.1, -0.05) is 53.2 Å². The van der Waals surface area contributed by atoms with Gasteiger partial charge in [0.1, 0.15) is 67.3 Å². The van der Waals surface area contributed by atoms with Gasteiger partial charge in [-0.3, -0.25) is 9.59 Å². The summed E-state index contributed by atoms with van der Waals surface area (Å²) in [6.45, 7) is 16.5. The molecule has 9 aliphatic rings. The summed E-state index contributed by atoms with van der Waals surface area (Å²) in [5.41, 5.74) is -1.62. The number of allylic oxidation sites excluding steroid dienone is 2. The van der Waals surface area contributed by atoms with Crippen molar-refractivity contribution >= 4 is 18.2 Å². The van der Waals surface area contributed by atoms with Crippen molar-refractivity contribution in [2.45, 2.75) is 243 Å². The predicted molar refractivity (Wildman–Crippen MR) is 258 cm³/mol. The Kier molecular flexibility index (Phi) is 15.8. The molecule has 0 bridgehead atoms. The van der Waals surface area contributed by atoms with Crippen molar-refractivity contribution in [2.24, 2.45) is 50.2 Å². The Morgan fingerprint density at radius 2 is 1.28 bits per heavy atom. The number of ether oxygens (including phenoxy) is 9. The second kappa shape index (κ2) is 20.7. The third-order valence-corrected chi connectivity index (χ3v) is 20.8. The van der Waals surface area contributed by atoms with Gasteiger partial charge in [0.2, 0.25) is 6.29 Å². The Morgan fingerprint density at radius 3 is 1.95 bits per heavy atom. The van der Waals surface area contributed by atoms with Crippen LogP contribution in [0, 0.1) is 50.2 Å². The van der Waals surface area contributed by atoms with Crippen LogP contribution < -0.4 is 0 Å². The van der Waals surface area contributed by atoms with Crippen molar-refractivity contribution in [2.75, 3.05) is 13.2 Å². The molecule has 75 heavy (non-hydrogen) atoms. The molecule has 0 aromatic rings. The first kappa shape index (κ1) is 57.4. The maximum absolute atomic E-state index is 15.8. The van der Waals surface area contributed by atoms with E-state index in [-0.39, 0.29) is 39.4 Å². The number of carbonyl (C=O) groups excluding carboxylic acids is 3. The van der Waals surface area contributed by atoms with Crippen LogP contribution in [0.5, 0.6) is 0 Å². The maximum Gasteiger partial charge on any atom is 0.315 e. The third-order valence-electron chi connectivity index (χ3n) is 20.8. The summed E-state index contributed by atoms with van der Waals surface area (Å²) in [6, 6.07) is 0. The van der Waals surface area contributed by atoms with Gasteiger partial charge in [0.25, 0.3) is 0 Å². The Bertz CT molecular complexity index is 2140. The summed E-state index contributed by atoms with van der Waals surface area (Å²) in [4.78, 5) is 41.4. The van der Waals surface area contributed by atoms with Crippen molar-refractivity contribution < 1.29 is 103 Å². The quantitative estimate of drug-likeness (QED) is 0.0793. The molecule has 0 amide bonds. The highest BCUT2D eigenvalue weighted by atomic mass is 16.8. The maximum atomic E-state index is 15.8. The Balaban J connectivity index is 1.05. The van der Waals surface area contributed by atoms with Crippen LogP contribution in [-0.4, -0.2) is 194 Å². The number of hydrogen-bond acceptors (Lipinski definition) is 21. The minimum atomic E-state index is -1.95. The molecule has 27 atom stereocenters. The SMILES string of the molecule is CC(=O)O[C@@H]1[C@H](O[C@@H]2O[C@@H](CO)[C@H](O)[C@H]2O)[C@@H](O[C@@H]2O[C@@H](C)[C@H](O[C@@H]3OC[C@@H](O)[C@H](O)[C@H]3O)[C@@H](O)[C@H]2O)[C@H](OC(=O)[C@]23CCC(C)(C)C[C@H]2C2=CC[C@@H]4[C@@]5(C)CC[C@H](O)[C@@](C)(C=O)[C@@H]5CC[C@@]4(C)[C@]2(C)CC3)O[C@@H]1C. The smallest absolute Gasteiger partial charge is 0.315 e. The summed E-state index contributed by atoms with van der Waals surface area (Å²) in [7, 11) is 0. The van der Waals surface area contributed by atoms with Gasteiger partial charge >= 0.3 is 11.9 Å². The molecule has 4 heterocycles. The van der Waals surface area contributed by atoms with E-state index in [4.69, 9.17) is 42.6 Å². The number of esters is 2. The molecule has 4 saturated heterocycles. The number of hydrogen-bond donors (Lipinski definition) is 9. The first-order chi connectivity index (χ1) is 35.1. The average molecular weight is 1070 g/mol.